The average Bonchev–Trinajstić information content (AvgIpc) is 3.54. The molecule has 62 heavy (non-hydrogen) atoms. The Morgan fingerprint density at radius 2 is 0.855 bits per heavy atom. The molecule has 3 amide bonds. The first-order valence-electron chi connectivity index (χ1n) is 20.5. The summed E-state index contributed by atoms with van der Waals surface area (Å²) in [5.74, 6) is -4.77. The van der Waals surface area contributed by atoms with Crippen LogP contribution in [0.2, 0.25) is 0 Å². The summed E-state index contributed by atoms with van der Waals surface area (Å²) in [6.45, 7) is 6.93. The molecular formula is C48H54N4O10. The van der Waals surface area contributed by atoms with E-state index in [-0.39, 0.29) is 11.9 Å². The third-order valence-corrected chi connectivity index (χ3v) is 10.4. The minimum absolute atomic E-state index is 0.192. The molecule has 14 heteroatoms. The lowest BCUT2D eigenvalue weighted by atomic mass is 9.82. The first-order valence-corrected chi connectivity index (χ1v) is 20.5. The van der Waals surface area contributed by atoms with Crippen LogP contribution in [0.15, 0.2) is 146 Å². The fourth-order valence-corrected chi connectivity index (χ4v) is 7.42. The van der Waals surface area contributed by atoms with E-state index in [1.807, 2.05) is 60.7 Å². The lowest BCUT2D eigenvalue weighted by molar-refractivity contribution is -0.134. The van der Waals surface area contributed by atoms with Crippen molar-refractivity contribution in [2.45, 2.75) is 43.6 Å². The maximum Gasteiger partial charge on any atom is 0.328 e. The van der Waals surface area contributed by atoms with E-state index < -0.39 is 29.4 Å². The van der Waals surface area contributed by atoms with E-state index in [2.05, 4.69) is 75.8 Å². The minimum atomic E-state index is -1.26. The fraction of sp³-hybridized carbons (Fsp3) is 0.292. The topological polar surface area (TPSA) is 205 Å². The number of carboxylic acid groups (broad SMARTS) is 4. The second kappa shape index (κ2) is 25.0. The molecule has 4 aromatic carbocycles. The van der Waals surface area contributed by atoms with Gasteiger partial charge in [-0.1, -0.05) is 128 Å². The van der Waals surface area contributed by atoms with Gasteiger partial charge in [-0.05, 0) is 61.0 Å². The van der Waals surface area contributed by atoms with Gasteiger partial charge in [0, 0.05) is 62.9 Å². The summed E-state index contributed by atoms with van der Waals surface area (Å²) >= 11 is 0. The van der Waals surface area contributed by atoms with Gasteiger partial charge in [0.1, 0.15) is 0 Å². The van der Waals surface area contributed by atoms with Gasteiger partial charge in [-0.15, -0.1) is 0 Å². The summed E-state index contributed by atoms with van der Waals surface area (Å²) in [5, 5.41) is 34.3. The first kappa shape index (κ1) is 47.8. The van der Waals surface area contributed by atoms with Gasteiger partial charge in [-0.2, -0.15) is 0 Å². The molecule has 0 saturated carbocycles. The Kier molecular flexibility index (Phi) is 19.3. The van der Waals surface area contributed by atoms with E-state index in [1.54, 1.807) is 0 Å². The van der Waals surface area contributed by atoms with Crippen molar-refractivity contribution in [3.8, 4) is 0 Å². The standard InChI is InChI=1S/C40H46N4O2.2C4H4O4/c45-38-40(35-21-9-3-10-22-35,36-23-11-4-12-24-36)41-39(46)44(38)28-16-15-27-43-31-29-42(30-32-43)26-14-13-25-37(33-17-5-1-6-18-33)34-19-7-2-8-20-34;2*5-3(6)1-2-4(7)8/h1-12,17-24,37H,13-16,25-32H2,(H,41,46);2*1-2H,(H,5,6)(H,7,8)/b;2*2-1-. The van der Waals surface area contributed by atoms with Gasteiger partial charge in [-0.3, -0.25) is 9.69 Å². The number of carbonyl (C=O) groups is 6. The first-order chi connectivity index (χ1) is 29.9. The summed E-state index contributed by atoms with van der Waals surface area (Å²) in [7, 11) is 0. The van der Waals surface area contributed by atoms with Crippen molar-refractivity contribution in [2.75, 3.05) is 45.8 Å². The average molecular weight is 847 g/mol. The number of nitrogens with one attached hydrogen (secondary N) is 1. The molecule has 5 N–H and O–H groups in total. The number of carboxylic acids is 4. The second-order valence-electron chi connectivity index (χ2n) is 14.6. The molecule has 2 aliphatic rings. The Bertz CT molecular complexity index is 1960. The van der Waals surface area contributed by atoms with Gasteiger partial charge in [0.05, 0.1) is 0 Å². The number of unbranched alkanes of at least 4 members (excludes halogenated alkanes) is 2. The Morgan fingerprint density at radius 1 is 0.516 bits per heavy atom. The summed E-state index contributed by atoms with van der Waals surface area (Å²) in [5.41, 5.74) is 3.20. The molecule has 0 spiro atoms. The van der Waals surface area contributed by atoms with E-state index in [9.17, 15) is 28.8 Å². The number of imide groups is 1. The normalized spacial score (nSPS) is 15.1. The van der Waals surface area contributed by atoms with Crippen LogP contribution in [0.25, 0.3) is 0 Å². The van der Waals surface area contributed by atoms with Gasteiger partial charge in [-0.25, -0.2) is 24.0 Å². The van der Waals surface area contributed by atoms with Gasteiger partial charge in [0.2, 0.25) is 0 Å². The number of carbonyl (C=O) groups excluding carboxylic acids is 2. The lowest BCUT2D eigenvalue weighted by Gasteiger charge is -2.34. The largest absolute Gasteiger partial charge is 0.478 e. The van der Waals surface area contributed by atoms with Crippen molar-refractivity contribution in [2.24, 2.45) is 0 Å². The Balaban J connectivity index is 0.000000448. The van der Waals surface area contributed by atoms with Crippen LogP contribution in [0.3, 0.4) is 0 Å². The summed E-state index contributed by atoms with van der Waals surface area (Å²) < 4.78 is 0. The predicted octanol–water partition coefficient (Wildman–Crippen LogP) is 6.31. The van der Waals surface area contributed by atoms with E-state index in [0.717, 1.165) is 63.2 Å². The van der Waals surface area contributed by atoms with E-state index in [1.165, 1.54) is 35.3 Å². The molecule has 2 fully saturated rings. The number of hydrogen-bond donors (Lipinski definition) is 5. The fourth-order valence-electron chi connectivity index (χ4n) is 7.42. The molecule has 0 bridgehead atoms. The molecule has 2 heterocycles. The highest BCUT2D eigenvalue weighted by molar-refractivity contribution is 6.09. The molecule has 6 rings (SSSR count). The van der Waals surface area contributed by atoms with Gasteiger partial charge in [0.25, 0.3) is 5.91 Å². The maximum atomic E-state index is 13.9. The number of nitrogens with zero attached hydrogens (tertiary/aromatic N) is 3. The number of benzene rings is 4. The number of urea groups is 1. The van der Waals surface area contributed by atoms with Crippen LogP contribution in [0.5, 0.6) is 0 Å². The highest BCUT2D eigenvalue weighted by atomic mass is 16.4. The Labute approximate surface area is 361 Å². The molecule has 0 atom stereocenters. The summed E-state index contributed by atoms with van der Waals surface area (Å²) in [6.07, 6.45) is 7.59. The van der Waals surface area contributed by atoms with Crippen molar-refractivity contribution >= 4 is 35.8 Å². The molecule has 326 valence electrons. The monoisotopic (exact) mass is 846 g/mol. The lowest BCUT2D eigenvalue weighted by Crippen LogP contribution is -2.46. The SMILES string of the molecule is O=C(O)/C=C\C(=O)O.O=C(O)/C=C\C(=O)O.O=C1NC(c2ccccc2)(c2ccccc2)C(=O)N1CCCCN1CCN(CCCCC(c2ccccc2)c2ccccc2)CC1. The van der Waals surface area contributed by atoms with Crippen LogP contribution in [-0.4, -0.2) is 117 Å². The summed E-state index contributed by atoms with van der Waals surface area (Å²) in [6, 6.07) is 40.7. The predicted molar refractivity (Wildman–Crippen MR) is 233 cm³/mol. The number of aliphatic carboxylic acids is 4. The smallest absolute Gasteiger partial charge is 0.328 e. The Hall–Kier alpha value is -6.90. The van der Waals surface area contributed by atoms with E-state index in [0.29, 0.717) is 36.8 Å². The van der Waals surface area contributed by atoms with Gasteiger partial charge in [0.15, 0.2) is 5.54 Å². The molecule has 0 aromatic heterocycles. The molecule has 2 saturated heterocycles. The van der Waals surface area contributed by atoms with Crippen LogP contribution >= 0.6 is 0 Å². The van der Waals surface area contributed by atoms with Crippen molar-refractivity contribution < 1.29 is 49.2 Å². The molecule has 4 aromatic rings. The Morgan fingerprint density at radius 3 is 1.23 bits per heavy atom. The van der Waals surface area contributed by atoms with Gasteiger partial charge < -0.3 is 35.5 Å². The molecular weight excluding hydrogens is 793 g/mol. The van der Waals surface area contributed by atoms with Crippen LogP contribution in [0, 0.1) is 0 Å². The molecule has 14 nitrogen and oxygen atoms in total. The van der Waals surface area contributed by atoms with E-state index >= 15 is 0 Å². The third kappa shape index (κ3) is 15.0. The minimum Gasteiger partial charge on any atom is -0.478 e. The summed E-state index contributed by atoms with van der Waals surface area (Å²) in [4.78, 5) is 71.8. The van der Waals surface area contributed by atoms with Gasteiger partial charge >= 0.3 is 29.9 Å². The van der Waals surface area contributed by atoms with Crippen molar-refractivity contribution in [3.05, 3.63) is 168 Å². The van der Waals surface area contributed by atoms with Crippen LogP contribution < -0.4 is 5.32 Å². The molecule has 0 radical (unpaired) electrons. The van der Waals surface area contributed by atoms with Crippen LogP contribution in [0.1, 0.15) is 60.3 Å². The van der Waals surface area contributed by atoms with Crippen molar-refractivity contribution in [1.29, 1.82) is 0 Å². The van der Waals surface area contributed by atoms with Crippen LogP contribution in [0.4, 0.5) is 4.79 Å². The zero-order chi connectivity index (χ0) is 44.7. The third-order valence-electron chi connectivity index (χ3n) is 10.4. The molecule has 0 aliphatic carbocycles. The quantitative estimate of drug-likeness (QED) is 0.0425. The number of rotatable bonds is 18. The van der Waals surface area contributed by atoms with Crippen LogP contribution in [-0.2, 0) is 29.5 Å². The maximum absolute atomic E-state index is 13.9. The zero-order valence-electron chi connectivity index (χ0n) is 34.5. The highest BCUT2D eigenvalue weighted by Crippen LogP contribution is 2.36. The number of hydrogen-bond acceptors (Lipinski definition) is 8. The number of amides is 3. The van der Waals surface area contributed by atoms with Crippen molar-refractivity contribution in [3.63, 3.8) is 0 Å². The second-order valence-corrected chi connectivity index (χ2v) is 14.6. The number of piperazine rings is 1. The van der Waals surface area contributed by atoms with Crippen molar-refractivity contribution in [1.82, 2.24) is 20.0 Å². The van der Waals surface area contributed by atoms with E-state index in [4.69, 9.17) is 20.4 Å². The molecule has 2 aliphatic heterocycles. The highest BCUT2D eigenvalue weighted by Gasteiger charge is 2.53. The zero-order valence-corrected chi connectivity index (χ0v) is 34.5. The molecule has 0 unspecified atom stereocenters.